The van der Waals surface area contributed by atoms with Gasteiger partial charge in [0.25, 0.3) is 5.91 Å². The summed E-state index contributed by atoms with van der Waals surface area (Å²) in [4.78, 5) is 33.9. The molecule has 3 amide bonds. The minimum absolute atomic E-state index is 0.0807. The number of rotatable bonds is 4. The molecule has 38 heavy (non-hydrogen) atoms. The number of amides is 3. The molecule has 8 heteroatoms. The number of aliphatic hydroxyl groups is 1. The number of imide groups is 1. The lowest BCUT2D eigenvalue weighted by molar-refractivity contribution is -0.184. The number of likely N-dealkylation sites (tertiary alicyclic amines) is 1. The Morgan fingerprint density at radius 3 is 2.45 bits per heavy atom. The fourth-order valence-corrected chi connectivity index (χ4v) is 8.17. The zero-order valence-electron chi connectivity index (χ0n) is 21.8. The minimum Gasteiger partial charge on any atom is -0.508 e. The summed E-state index contributed by atoms with van der Waals surface area (Å²) in [6.07, 6.45) is 4.68. The first-order valence-electron chi connectivity index (χ1n) is 13.8. The van der Waals surface area contributed by atoms with Crippen LogP contribution in [0.25, 0.3) is 0 Å². The van der Waals surface area contributed by atoms with Gasteiger partial charge in [-0.1, -0.05) is 18.2 Å². The maximum absolute atomic E-state index is 14.4. The van der Waals surface area contributed by atoms with Crippen molar-refractivity contribution in [1.29, 1.82) is 0 Å². The van der Waals surface area contributed by atoms with Gasteiger partial charge in [-0.2, -0.15) is 0 Å². The average Bonchev–Trinajstić information content (AvgIpc) is 3.70. The topological polar surface area (TPSA) is 105 Å². The van der Waals surface area contributed by atoms with Crippen LogP contribution >= 0.6 is 0 Å². The second-order valence-corrected chi connectivity index (χ2v) is 12.4. The summed E-state index contributed by atoms with van der Waals surface area (Å²) in [6, 6.07) is 11.7. The molecule has 4 fully saturated rings. The molecule has 3 N–H and O–H groups in total. The van der Waals surface area contributed by atoms with Crippen LogP contribution in [-0.4, -0.2) is 79.3 Å². The molecule has 4 atom stereocenters. The predicted molar refractivity (Wildman–Crippen MR) is 140 cm³/mol. The SMILES string of the molecule is CN1CC[C@]23C[C@@]4(CC[C@@]2(O)C1Cc1ccc(O)cc13)C(=O)N(Cc1ccc(O)cc1)C(=O)N4CC1CC1. The molecule has 2 aromatic rings. The van der Waals surface area contributed by atoms with E-state index in [-0.39, 0.29) is 36.0 Å². The summed E-state index contributed by atoms with van der Waals surface area (Å²) < 4.78 is 0. The molecule has 5 aliphatic rings. The Morgan fingerprint density at radius 2 is 1.71 bits per heavy atom. The smallest absolute Gasteiger partial charge is 0.327 e. The van der Waals surface area contributed by atoms with E-state index in [1.54, 1.807) is 36.4 Å². The van der Waals surface area contributed by atoms with Crippen LogP contribution < -0.4 is 0 Å². The first-order chi connectivity index (χ1) is 18.2. The van der Waals surface area contributed by atoms with Gasteiger partial charge >= 0.3 is 6.03 Å². The molecule has 2 heterocycles. The maximum atomic E-state index is 14.4. The third-order valence-electron chi connectivity index (χ3n) is 10.4. The van der Waals surface area contributed by atoms with E-state index in [2.05, 4.69) is 11.9 Å². The van der Waals surface area contributed by atoms with E-state index in [9.17, 15) is 24.9 Å². The number of likely N-dealkylation sites (N-methyl/N-ethyl adjacent to an activating group) is 1. The van der Waals surface area contributed by atoms with Gasteiger partial charge in [-0.25, -0.2) is 4.79 Å². The summed E-state index contributed by atoms with van der Waals surface area (Å²) in [6.45, 7) is 1.49. The van der Waals surface area contributed by atoms with Gasteiger partial charge in [0.15, 0.2) is 0 Å². The number of fused-ring (bicyclic) bond motifs is 1. The van der Waals surface area contributed by atoms with Crippen LogP contribution in [0.4, 0.5) is 4.79 Å². The summed E-state index contributed by atoms with van der Waals surface area (Å²) in [5.74, 6) is 0.523. The molecular formula is C30H35N3O5. The molecule has 2 aromatic carbocycles. The second kappa shape index (κ2) is 7.96. The van der Waals surface area contributed by atoms with E-state index in [0.717, 1.165) is 36.1 Å². The van der Waals surface area contributed by atoms with Crippen molar-refractivity contribution in [2.45, 2.75) is 74.1 Å². The quantitative estimate of drug-likeness (QED) is 0.539. The largest absolute Gasteiger partial charge is 0.508 e. The molecule has 2 bridgehead atoms. The van der Waals surface area contributed by atoms with E-state index < -0.39 is 16.6 Å². The maximum Gasteiger partial charge on any atom is 0.327 e. The summed E-state index contributed by atoms with van der Waals surface area (Å²) in [5, 5.41) is 32.7. The fourth-order valence-electron chi connectivity index (χ4n) is 8.17. The number of aromatic hydroxyl groups is 2. The lowest BCUT2D eigenvalue weighted by Gasteiger charge is -2.66. The third kappa shape index (κ3) is 3.16. The van der Waals surface area contributed by atoms with Crippen molar-refractivity contribution in [3.8, 4) is 11.5 Å². The van der Waals surface area contributed by atoms with Gasteiger partial charge in [-0.3, -0.25) is 9.69 Å². The number of hydrogen-bond donors (Lipinski definition) is 3. The van der Waals surface area contributed by atoms with Crippen LogP contribution in [0.3, 0.4) is 0 Å². The average molecular weight is 518 g/mol. The van der Waals surface area contributed by atoms with Gasteiger partial charge < -0.3 is 25.1 Å². The van der Waals surface area contributed by atoms with Gasteiger partial charge in [-0.15, -0.1) is 0 Å². The molecule has 1 spiro atoms. The Kier molecular flexibility index (Phi) is 5.02. The van der Waals surface area contributed by atoms with Crippen molar-refractivity contribution >= 4 is 11.9 Å². The molecule has 0 aromatic heterocycles. The van der Waals surface area contributed by atoms with Crippen molar-refractivity contribution < 1.29 is 24.9 Å². The van der Waals surface area contributed by atoms with E-state index in [0.29, 0.717) is 44.6 Å². The number of piperidine rings is 1. The molecule has 3 aliphatic carbocycles. The van der Waals surface area contributed by atoms with Crippen LogP contribution in [-0.2, 0) is 23.2 Å². The van der Waals surface area contributed by atoms with Crippen LogP contribution in [0, 0.1) is 5.92 Å². The van der Waals surface area contributed by atoms with Gasteiger partial charge in [-0.05, 0) is 105 Å². The number of carbonyl (C=O) groups is 2. The zero-order valence-corrected chi connectivity index (χ0v) is 21.8. The van der Waals surface area contributed by atoms with Crippen molar-refractivity contribution in [3.05, 3.63) is 59.2 Å². The Bertz CT molecular complexity index is 1330. The predicted octanol–water partition coefficient (Wildman–Crippen LogP) is 3.12. The van der Waals surface area contributed by atoms with Crippen molar-refractivity contribution in [1.82, 2.24) is 14.7 Å². The summed E-state index contributed by atoms with van der Waals surface area (Å²) in [7, 11) is 2.06. The van der Waals surface area contributed by atoms with E-state index in [1.807, 2.05) is 11.0 Å². The molecule has 0 radical (unpaired) electrons. The molecule has 2 saturated carbocycles. The standard InChI is InChI=1S/C30H35N3O5/c1-31-13-12-28-18-29(10-11-30(28,38)25(31)14-21-6-9-23(35)15-24(21)28)26(36)32(16-19-4-7-22(34)8-5-19)27(37)33(29)17-20-2-3-20/h4-9,15,20,25,34-35,38H,2-3,10-14,16-18H2,1H3/t25?,28-,29+,30-/m1/s1. The highest BCUT2D eigenvalue weighted by Crippen LogP contribution is 2.62. The molecule has 200 valence electrons. The van der Waals surface area contributed by atoms with Crippen molar-refractivity contribution in [2.24, 2.45) is 5.92 Å². The number of benzene rings is 2. The Balaban J connectivity index is 1.34. The number of hydrogen-bond acceptors (Lipinski definition) is 6. The minimum atomic E-state index is -1.05. The number of phenols is 2. The van der Waals surface area contributed by atoms with Gasteiger partial charge in [0.1, 0.15) is 17.0 Å². The second-order valence-electron chi connectivity index (χ2n) is 12.4. The Morgan fingerprint density at radius 1 is 0.974 bits per heavy atom. The lowest BCUT2D eigenvalue weighted by Crippen LogP contribution is -2.76. The number of urea groups is 1. The van der Waals surface area contributed by atoms with Crippen LogP contribution in [0.5, 0.6) is 11.5 Å². The van der Waals surface area contributed by atoms with Crippen LogP contribution in [0.15, 0.2) is 42.5 Å². The lowest BCUT2D eigenvalue weighted by atomic mass is 9.46. The highest BCUT2D eigenvalue weighted by atomic mass is 16.3. The van der Waals surface area contributed by atoms with E-state index in [1.165, 1.54) is 4.90 Å². The van der Waals surface area contributed by atoms with E-state index in [4.69, 9.17) is 0 Å². The molecule has 8 nitrogen and oxygen atoms in total. The summed E-state index contributed by atoms with van der Waals surface area (Å²) in [5.41, 5.74) is 0.0142. The zero-order chi connectivity index (χ0) is 26.4. The number of phenolic OH excluding ortho intramolecular Hbond substituents is 2. The molecule has 2 aliphatic heterocycles. The van der Waals surface area contributed by atoms with Crippen molar-refractivity contribution in [3.63, 3.8) is 0 Å². The van der Waals surface area contributed by atoms with Gasteiger partial charge in [0, 0.05) is 18.0 Å². The highest BCUT2D eigenvalue weighted by molar-refractivity contribution is 6.07. The highest BCUT2D eigenvalue weighted by Gasteiger charge is 2.71. The molecule has 7 rings (SSSR count). The normalized spacial score (nSPS) is 34.5. The summed E-state index contributed by atoms with van der Waals surface area (Å²) >= 11 is 0. The van der Waals surface area contributed by atoms with Gasteiger partial charge in [0.05, 0.1) is 12.1 Å². The Labute approximate surface area is 222 Å². The third-order valence-corrected chi connectivity index (χ3v) is 10.4. The van der Waals surface area contributed by atoms with E-state index >= 15 is 0 Å². The first-order valence-corrected chi connectivity index (χ1v) is 13.8. The fraction of sp³-hybridized carbons (Fsp3) is 0.533. The number of carbonyl (C=O) groups excluding carboxylic acids is 2. The molecule has 2 saturated heterocycles. The monoisotopic (exact) mass is 517 g/mol. The van der Waals surface area contributed by atoms with Crippen molar-refractivity contribution in [2.75, 3.05) is 20.1 Å². The van der Waals surface area contributed by atoms with Gasteiger partial charge in [0.2, 0.25) is 0 Å². The van der Waals surface area contributed by atoms with Crippen LogP contribution in [0.2, 0.25) is 0 Å². The van der Waals surface area contributed by atoms with Crippen LogP contribution in [0.1, 0.15) is 55.2 Å². The Hall–Kier alpha value is -3.10. The molecular weight excluding hydrogens is 482 g/mol. The number of nitrogens with zero attached hydrogens (tertiary/aromatic N) is 3. The first kappa shape index (κ1) is 24.0. The molecule has 1 unspecified atom stereocenters.